The number of aliphatic hydroxyl groups is 1. The molecule has 0 aliphatic carbocycles. The molecule has 7 heteroatoms. The fourth-order valence-corrected chi connectivity index (χ4v) is 3.00. The van der Waals surface area contributed by atoms with Crippen LogP contribution < -0.4 is 5.32 Å². The lowest BCUT2D eigenvalue weighted by atomic mass is 10.00. The first-order valence-corrected chi connectivity index (χ1v) is 8.35. The van der Waals surface area contributed by atoms with Gasteiger partial charge < -0.3 is 15.3 Å². The third kappa shape index (κ3) is 3.26. The maximum atomic E-state index is 12.9. The van der Waals surface area contributed by atoms with E-state index in [0.717, 1.165) is 25.1 Å². The van der Waals surface area contributed by atoms with Gasteiger partial charge >= 0.3 is 0 Å². The molecule has 3 N–H and O–H groups in total. The molecular formula is C17H23N5O2. The Morgan fingerprint density at radius 1 is 1.46 bits per heavy atom. The number of β-amino-alcohol motifs (C(OH)–C–C–N with tert-alkyl or cyclic N) is 1. The van der Waals surface area contributed by atoms with Crippen molar-refractivity contribution in [3.05, 3.63) is 41.7 Å². The van der Waals surface area contributed by atoms with Gasteiger partial charge in [-0.15, -0.1) is 0 Å². The van der Waals surface area contributed by atoms with Crippen molar-refractivity contribution in [1.82, 2.24) is 20.3 Å². The smallest absolute Gasteiger partial charge is 0.256 e. The number of anilines is 1. The molecule has 128 valence electrons. The number of H-pyrrole nitrogens is 1. The highest BCUT2D eigenvalue weighted by Gasteiger charge is 2.42. The molecule has 1 fully saturated rings. The summed E-state index contributed by atoms with van der Waals surface area (Å²) in [6, 6.07) is 7.52. The summed E-state index contributed by atoms with van der Waals surface area (Å²) >= 11 is 0. The Bertz CT molecular complexity index is 688. The second-order valence-electron chi connectivity index (χ2n) is 6.19. The normalized spacial score (nSPS) is 20.3. The molecule has 0 saturated carbocycles. The monoisotopic (exact) mass is 329 g/mol. The van der Waals surface area contributed by atoms with Gasteiger partial charge in [-0.25, -0.2) is 0 Å². The number of hydrogen-bond donors (Lipinski definition) is 3. The number of carbonyl (C=O) groups excluding carboxylic acids is 1. The number of unbranched alkanes of at least 4 members (excludes halogenated alkanes) is 1. The number of para-hydroxylation sites is 1. The summed E-state index contributed by atoms with van der Waals surface area (Å²) in [5.74, 6) is -0.0750. The van der Waals surface area contributed by atoms with Crippen LogP contribution in [0.15, 0.2) is 30.5 Å². The van der Waals surface area contributed by atoms with Crippen LogP contribution in [0.2, 0.25) is 0 Å². The van der Waals surface area contributed by atoms with Crippen molar-refractivity contribution in [2.75, 3.05) is 25.0 Å². The number of likely N-dealkylation sites (tertiary alicyclic amines) is 1. The van der Waals surface area contributed by atoms with Crippen LogP contribution in [0.1, 0.15) is 42.2 Å². The maximum absolute atomic E-state index is 12.9. The van der Waals surface area contributed by atoms with E-state index in [9.17, 15) is 9.90 Å². The lowest BCUT2D eigenvalue weighted by Crippen LogP contribution is -2.35. The number of benzene rings is 1. The lowest BCUT2D eigenvalue weighted by molar-refractivity contribution is 0.0382. The van der Waals surface area contributed by atoms with Crippen molar-refractivity contribution in [2.45, 2.75) is 31.8 Å². The minimum absolute atomic E-state index is 0.0750. The molecule has 7 nitrogen and oxygen atoms in total. The quantitative estimate of drug-likeness (QED) is 0.702. The lowest BCUT2D eigenvalue weighted by Gasteiger charge is -2.22. The van der Waals surface area contributed by atoms with E-state index < -0.39 is 5.60 Å². The van der Waals surface area contributed by atoms with E-state index in [1.807, 2.05) is 24.3 Å². The fraction of sp³-hybridized carbons (Fsp3) is 0.471. The molecule has 1 aromatic carbocycles. The van der Waals surface area contributed by atoms with Crippen LogP contribution in [0.4, 0.5) is 5.69 Å². The molecule has 3 rings (SSSR count). The summed E-state index contributed by atoms with van der Waals surface area (Å²) in [4.78, 5) is 14.6. The fourth-order valence-electron chi connectivity index (χ4n) is 3.00. The topological polar surface area (TPSA) is 94.1 Å². The van der Waals surface area contributed by atoms with Gasteiger partial charge in [-0.05, 0) is 18.6 Å². The third-order valence-corrected chi connectivity index (χ3v) is 4.43. The Hall–Kier alpha value is -2.41. The first kappa shape index (κ1) is 16.4. The molecule has 1 saturated heterocycles. The number of nitrogens with zero attached hydrogens (tertiary/aromatic N) is 3. The van der Waals surface area contributed by atoms with E-state index in [1.54, 1.807) is 4.90 Å². The van der Waals surface area contributed by atoms with Crippen LogP contribution in [0.25, 0.3) is 0 Å². The number of carbonyl (C=O) groups is 1. The van der Waals surface area contributed by atoms with Crippen molar-refractivity contribution >= 4 is 11.6 Å². The standard InChI is InChI=1S/C17H23N5O2/c1-2-3-9-18-14-7-5-4-6-13(14)16(23)22-10-8-17(24,12-22)15-11-19-21-20-15/h4-7,11,18,24H,2-3,8-10,12H2,1H3,(H,19,20,21)/t17-/m1/s1. The van der Waals surface area contributed by atoms with Crippen LogP contribution >= 0.6 is 0 Å². The van der Waals surface area contributed by atoms with Gasteiger partial charge in [-0.3, -0.25) is 4.79 Å². The number of aromatic amines is 1. The van der Waals surface area contributed by atoms with Gasteiger partial charge in [0, 0.05) is 25.2 Å². The predicted octanol–water partition coefficient (Wildman–Crippen LogP) is 1.75. The molecule has 0 radical (unpaired) electrons. The molecule has 2 aromatic rings. The molecule has 2 heterocycles. The SMILES string of the molecule is CCCCNc1ccccc1C(=O)N1CC[C@](O)(c2cn[nH]n2)C1. The molecule has 0 spiro atoms. The Labute approximate surface area is 141 Å². The van der Waals surface area contributed by atoms with Gasteiger partial charge in [0.1, 0.15) is 11.3 Å². The highest BCUT2D eigenvalue weighted by molar-refractivity contribution is 5.99. The highest BCUT2D eigenvalue weighted by atomic mass is 16.3. The van der Waals surface area contributed by atoms with Crippen LogP contribution in [-0.4, -0.2) is 51.0 Å². The largest absolute Gasteiger partial charge is 0.384 e. The Balaban J connectivity index is 1.74. The Kier molecular flexibility index (Phi) is 4.80. The van der Waals surface area contributed by atoms with E-state index in [2.05, 4.69) is 27.7 Å². The minimum atomic E-state index is -1.13. The Morgan fingerprint density at radius 3 is 3.04 bits per heavy atom. The zero-order valence-electron chi connectivity index (χ0n) is 13.8. The molecule has 0 bridgehead atoms. The zero-order chi connectivity index (χ0) is 17.0. The maximum Gasteiger partial charge on any atom is 0.256 e. The van der Waals surface area contributed by atoms with Gasteiger partial charge in [0.25, 0.3) is 5.91 Å². The van der Waals surface area contributed by atoms with E-state index in [1.165, 1.54) is 6.20 Å². The second-order valence-corrected chi connectivity index (χ2v) is 6.19. The summed E-state index contributed by atoms with van der Waals surface area (Å²) in [5, 5.41) is 24.3. The molecule has 1 aromatic heterocycles. The van der Waals surface area contributed by atoms with Gasteiger partial charge in [0.2, 0.25) is 0 Å². The van der Waals surface area contributed by atoms with Crippen LogP contribution in [0, 0.1) is 0 Å². The highest BCUT2D eigenvalue weighted by Crippen LogP contribution is 2.31. The van der Waals surface area contributed by atoms with Gasteiger partial charge in [-0.1, -0.05) is 25.5 Å². The molecule has 0 unspecified atom stereocenters. The molecule has 1 atom stereocenters. The first-order valence-electron chi connectivity index (χ1n) is 8.35. The Morgan fingerprint density at radius 2 is 2.29 bits per heavy atom. The molecule has 1 aliphatic heterocycles. The molecule has 1 amide bonds. The molecule has 1 aliphatic rings. The van der Waals surface area contributed by atoms with E-state index in [0.29, 0.717) is 24.2 Å². The average molecular weight is 329 g/mol. The number of nitrogens with one attached hydrogen (secondary N) is 2. The number of rotatable bonds is 6. The van der Waals surface area contributed by atoms with Crippen molar-refractivity contribution in [2.24, 2.45) is 0 Å². The average Bonchev–Trinajstić information content (AvgIpc) is 3.26. The molecular weight excluding hydrogens is 306 g/mol. The van der Waals surface area contributed by atoms with Gasteiger partial charge in [0.05, 0.1) is 18.3 Å². The number of amides is 1. The minimum Gasteiger partial charge on any atom is -0.384 e. The second kappa shape index (κ2) is 7.00. The summed E-state index contributed by atoms with van der Waals surface area (Å²) in [5.41, 5.74) is 0.825. The first-order chi connectivity index (χ1) is 11.6. The van der Waals surface area contributed by atoms with Gasteiger partial charge in [0.15, 0.2) is 0 Å². The van der Waals surface area contributed by atoms with Crippen LogP contribution in [0.5, 0.6) is 0 Å². The summed E-state index contributed by atoms with van der Waals surface area (Å²) < 4.78 is 0. The van der Waals surface area contributed by atoms with E-state index >= 15 is 0 Å². The van der Waals surface area contributed by atoms with Crippen LogP contribution in [-0.2, 0) is 5.60 Å². The predicted molar refractivity (Wildman–Crippen MR) is 90.6 cm³/mol. The van der Waals surface area contributed by atoms with Crippen molar-refractivity contribution in [3.8, 4) is 0 Å². The zero-order valence-corrected chi connectivity index (χ0v) is 13.8. The van der Waals surface area contributed by atoms with Gasteiger partial charge in [-0.2, -0.15) is 15.4 Å². The van der Waals surface area contributed by atoms with E-state index in [4.69, 9.17) is 0 Å². The summed E-state index contributed by atoms with van der Waals surface area (Å²) in [7, 11) is 0. The van der Waals surface area contributed by atoms with Crippen molar-refractivity contribution < 1.29 is 9.90 Å². The number of aromatic nitrogens is 3. The van der Waals surface area contributed by atoms with Crippen LogP contribution in [0.3, 0.4) is 0 Å². The summed E-state index contributed by atoms with van der Waals surface area (Å²) in [6.07, 6.45) is 4.11. The summed E-state index contributed by atoms with van der Waals surface area (Å²) in [6.45, 7) is 3.69. The molecule has 24 heavy (non-hydrogen) atoms. The van der Waals surface area contributed by atoms with Crippen molar-refractivity contribution in [3.63, 3.8) is 0 Å². The van der Waals surface area contributed by atoms with Crippen molar-refractivity contribution in [1.29, 1.82) is 0 Å². The number of hydrogen-bond acceptors (Lipinski definition) is 5. The third-order valence-electron chi connectivity index (χ3n) is 4.43. The van der Waals surface area contributed by atoms with E-state index in [-0.39, 0.29) is 12.5 Å².